The minimum atomic E-state index is -0.348. The smallest absolute Gasteiger partial charge is 0.244 e. The number of rotatable bonds is 2. The van der Waals surface area contributed by atoms with Crippen molar-refractivity contribution in [2.75, 3.05) is 24.5 Å². The first kappa shape index (κ1) is 17.4. The fourth-order valence-corrected chi connectivity index (χ4v) is 4.31. The summed E-state index contributed by atoms with van der Waals surface area (Å²) in [5, 5.41) is 10.6. The van der Waals surface area contributed by atoms with Crippen LogP contribution in [0.1, 0.15) is 40.0 Å². The minimum absolute atomic E-state index is 0.0884. The molecule has 2 aliphatic rings. The zero-order valence-corrected chi connectivity index (χ0v) is 15.1. The molecule has 0 saturated carbocycles. The van der Waals surface area contributed by atoms with Gasteiger partial charge in [-0.1, -0.05) is 39.0 Å². The van der Waals surface area contributed by atoms with Crippen molar-refractivity contribution in [2.24, 2.45) is 11.3 Å². The molecule has 0 bridgehead atoms. The van der Waals surface area contributed by atoms with E-state index in [1.807, 2.05) is 35.2 Å². The molecule has 0 aromatic heterocycles. The molecule has 1 aromatic carbocycles. The van der Waals surface area contributed by atoms with E-state index in [-0.39, 0.29) is 23.5 Å². The highest BCUT2D eigenvalue weighted by Crippen LogP contribution is 2.36. The summed E-state index contributed by atoms with van der Waals surface area (Å²) in [7, 11) is 0. The third kappa shape index (κ3) is 3.50. The van der Waals surface area contributed by atoms with Gasteiger partial charge in [-0.25, -0.2) is 0 Å². The van der Waals surface area contributed by atoms with E-state index in [0.717, 1.165) is 38.0 Å². The second kappa shape index (κ2) is 6.85. The molecule has 24 heavy (non-hydrogen) atoms. The lowest BCUT2D eigenvalue weighted by Gasteiger charge is -2.46. The van der Waals surface area contributed by atoms with Crippen LogP contribution in [0.2, 0.25) is 0 Å². The van der Waals surface area contributed by atoms with Crippen molar-refractivity contribution in [3.8, 4) is 0 Å². The molecule has 0 aliphatic carbocycles. The van der Waals surface area contributed by atoms with Gasteiger partial charge in [0.1, 0.15) is 0 Å². The van der Waals surface area contributed by atoms with Gasteiger partial charge in [0.05, 0.1) is 12.1 Å². The van der Waals surface area contributed by atoms with Crippen molar-refractivity contribution >= 4 is 11.6 Å². The SMILES string of the molecule is CC(C)(C)[C@@H]1CCN([C@H]2CCCN(c3ccccc3)C2=O)C[C@H]1O. The molecule has 2 aliphatic heterocycles. The third-order valence-electron chi connectivity index (χ3n) is 5.64. The number of aliphatic hydroxyl groups excluding tert-OH is 1. The second-order valence-corrected chi connectivity index (χ2v) is 8.31. The summed E-state index contributed by atoms with van der Waals surface area (Å²) < 4.78 is 0. The van der Waals surface area contributed by atoms with Gasteiger partial charge in [0, 0.05) is 18.8 Å². The lowest BCUT2D eigenvalue weighted by molar-refractivity contribution is -0.128. The maximum atomic E-state index is 13.0. The molecule has 132 valence electrons. The molecule has 2 heterocycles. The Balaban J connectivity index is 1.70. The van der Waals surface area contributed by atoms with Gasteiger partial charge >= 0.3 is 0 Å². The maximum Gasteiger partial charge on any atom is 0.244 e. The molecule has 1 amide bonds. The van der Waals surface area contributed by atoms with Gasteiger partial charge in [-0.05, 0) is 49.3 Å². The van der Waals surface area contributed by atoms with Crippen LogP contribution in [0.25, 0.3) is 0 Å². The zero-order valence-electron chi connectivity index (χ0n) is 15.1. The number of nitrogens with zero attached hydrogens (tertiary/aromatic N) is 2. The van der Waals surface area contributed by atoms with Crippen molar-refractivity contribution < 1.29 is 9.90 Å². The number of aliphatic hydroxyl groups is 1. The van der Waals surface area contributed by atoms with Crippen LogP contribution in [-0.2, 0) is 4.79 Å². The predicted molar refractivity (Wildman–Crippen MR) is 97.0 cm³/mol. The highest BCUT2D eigenvalue weighted by molar-refractivity contribution is 5.97. The van der Waals surface area contributed by atoms with Crippen LogP contribution < -0.4 is 4.90 Å². The van der Waals surface area contributed by atoms with E-state index in [1.165, 1.54) is 0 Å². The van der Waals surface area contributed by atoms with Gasteiger partial charge in [0.25, 0.3) is 0 Å². The molecular weight excluding hydrogens is 300 g/mol. The Labute approximate surface area is 145 Å². The van der Waals surface area contributed by atoms with Crippen LogP contribution >= 0.6 is 0 Å². The zero-order chi connectivity index (χ0) is 17.3. The lowest BCUT2D eigenvalue weighted by Crippen LogP contribution is -2.58. The van der Waals surface area contributed by atoms with Crippen molar-refractivity contribution in [2.45, 2.75) is 52.2 Å². The van der Waals surface area contributed by atoms with E-state index in [4.69, 9.17) is 0 Å². The first-order valence-corrected chi connectivity index (χ1v) is 9.16. The molecule has 3 rings (SSSR count). The Morgan fingerprint density at radius 1 is 1.08 bits per heavy atom. The number of hydrogen-bond acceptors (Lipinski definition) is 3. The van der Waals surface area contributed by atoms with E-state index in [9.17, 15) is 9.90 Å². The highest BCUT2D eigenvalue weighted by Gasteiger charge is 2.41. The molecule has 4 heteroatoms. The highest BCUT2D eigenvalue weighted by atomic mass is 16.3. The van der Waals surface area contributed by atoms with E-state index >= 15 is 0 Å². The number of likely N-dealkylation sites (tertiary alicyclic amines) is 1. The van der Waals surface area contributed by atoms with Gasteiger partial charge in [-0.3, -0.25) is 9.69 Å². The molecule has 2 saturated heterocycles. The molecule has 0 unspecified atom stereocenters. The summed E-state index contributed by atoms with van der Waals surface area (Å²) in [5.74, 6) is 0.492. The van der Waals surface area contributed by atoms with E-state index in [0.29, 0.717) is 12.5 Å². The molecule has 0 spiro atoms. The Hall–Kier alpha value is -1.39. The van der Waals surface area contributed by atoms with Gasteiger partial charge in [-0.2, -0.15) is 0 Å². The normalized spacial score (nSPS) is 29.8. The monoisotopic (exact) mass is 330 g/mol. The predicted octanol–water partition coefficient (Wildman–Crippen LogP) is 2.91. The number of amides is 1. The summed E-state index contributed by atoms with van der Waals surface area (Å²) in [6.45, 7) is 8.89. The Kier molecular flexibility index (Phi) is 4.97. The second-order valence-electron chi connectivity index (χ2n) is 8.31. The molecule has 0 radical (unpaired) electrons. The Bertz CT molecular complexity index is 567. The van der Waals surface area contributed by atoms with Crippen LogP contribution in [0.4, 0.5) is 5.69 Å². The average Bonchev–Trinajstić information content (AvgIpc) is 2.54. The van der Waals surface area contributed by atoms with Crippen LogP contribution in [0.3, 0.4) is 0 Å². The average molecular weight is 330 g/mol. The molecule has 2 fully saturated rings. The molecule has 1 N–H and O–H groups in total. The fraction of sp³-hybridized carbons (Fsp3) is 0.650. The van der Waals surface area contributed by atoms with E-state index in [2.05, 4.69) is 25.7 Å². The van der Waals surface area contributed by atoms with E-state index in [1.54, 1.807) is 0 Å². The summed E-state index contributed by atoms with van der Waals surface area (Å²) >= 11 is 0. The molecule has 1 aromatic rings. The number of hydrogen-bond donors (Lipinski definition) is 1. The van der Waals surface area contributed by atoms with Crippen molar-refractivity contribution in [1.82, 2.24) is 4.90 Å². The number of para-hydroxylation sites is 1. The first-order chi connectivity index (χ1) is 11.4. The number of carbonyl (C=O) groups excluding carboxylic acids is 1. The number of carbonyl (C=O) groups is 1. The summed E-state index contributed by atoms with van der Waals surface area (Å²) in [6, 6.07) is 9.84. The molecular formula is C20H30N2O2. The molecule has 3 atom stereocenters. The summed E-state index contributed by atoms with van der Waals surface area (Å²) in [4.78, 5) is 17.1. The number of β-amino-alcohol motifs (C(OH)–C–C–N with tert-alkyl or cyclic N) is 1. The Morgan fingerprint density at radius 2 is 1.79 bits per heavy atom. The number of anilines is 1. The van der Waals surface area contributed by atoms with Crippen molar-refractivity contribution in [3.63, 3.8) is 0 Å². The van der Waals surface area contributed by atoms with Crippen LogP contribution in [0.15, 0.2) is 30.3 Å². The van der Waals surface area contributed by atoms with Crippen molar-refractivity contribution in [1.29, 1.82) is 0 Å². The lowest BCUT2D eigenvalue weighted by atomic mass is 9.73. The third-order valence-corrected chi connectivity index (χ3v) is 5.64. The number of benzene rings is 1. The van der Waals surface area contributed by atoms with Gasteiger partial charge in [-0.15, -0.1) is 0 Å². The first-order valence-electron chi connectivity index (χ1n) is 9.16. The largest absolute Gasteiger partial charge is 0.391 e. The van der Waals surface area contributed by atoms with Crippen LogP contribution in [0, 0.1) is 11.3 Å². The van der Waals surface area contributed by atoms with Crippen LogP contribution in [-0.4, -0.2) is 47.7 Å². The summed E-state index contributed by atoms with van der Waals surface area (Å²) in [5.41, 5.74) is 1.09. The summed E-state index contributed by atoms with van der Waals surface area (Å²) in [6.07, 6.45) is 2.52. The maximum absolute atomic E-state index is 13.0. The van der Waals surface area contributed by atoms with Gasteiger partial charge < -0.3 is 10.0 Å². The van der Waals surface area contributed by atoms with Crippen LogP contribution in [0.5, 0.6) is 0 Å². The Morgan fingerprint density at radius 3 is 2.42 bits per heavy atom. The van der Waals surface area contributed by atoms with Gasteiger partial charge in [0.2, 0.25) is 5.91 Å². The van der Waals surface area contributed by atoms with E-state index < -0.39 is 0 Å². The number of piperidine rings is 2. The standard InChI is InChI=1S/C20H30N2O2/c1-20(2,3)16-11-13-21(14-18(16)23)17-10-7-12-22(19(17)24)15-8-5-4-6-9-15/h4-6,8-9,16-18,23H,7,10-14H2,1-3H3/t16-,17+,18-/m1/s1. The quantitative estimate of drug-likeness (QED) is 0.907. The fourth-order valence-electron chi connectivity index (χ4n) is 4.31. The molecule has 4 nitrogen and oxygen atoms in total. The van der Waals surface area contributed by atoms with Crippen molar-refractivity contribution in [3.05, 3.63) is 30.3 Å². The topological polar surface area (TPSA) is 43.8 Å². The minimum Gasteiger partial charge on any atom is -0.391 e. The van der Waals surface area contributed by atoms with Gasteiger partial charge in [0.15, 0.2) is 0 Å².